The minimum atomic E-state index is -0.0756. The first-order chi connectivity index (χ1) is 8.11. The van der Waals surface area contributed by atoms with Crippen LogP contribution in [0.5, 0.6) is 5.75 Å². The fourth-order valence-electron chi connectivity index (χ4n) is 1.38. The fraction of sp³-hybridized carbons (Fsp3) is 0.0833. The van der Waals surface area contributed by atoms with Crippen molar-refractivity contribution in [2.75, 3.05) is 7.11 Å². The van der Waals surface area contributed by atoms with E-state index in [1.807, 2.05) is 6.07 Å². The summed E-state index contributed by atoms with van der Waals surface area (Å²) in [5, 5.41) is 0.402. The van der Waals surface area contributed by atoms with E-state index in [1.54, 1.807) is 31.4 Å². The van der Waals surface area contributed by atoms with Gasteiger partial charge < -0.3 is 4.74 Å². The molecule has 1 aromatic heterocycles. The summed E-state index contributed by atoms with van der Waals surface area (Å²) < 4.78 is 5.96. The Balaban J connectivity index is 2.37. The third-order valence-electron chi connectivity index (χ3n) is 2.22. The molecule has 2 nitrogen and oxygen atoms in total. The fourth-order valence-corrected chi connectivity index (χ4v) is 2.97. The molecule has 0 saturated carbocycles. The Bertz CT molecular complexity index is 565. The van der Waals surface area contributed by atoms with Crippen molar-refractivity contribution in [3.63, 3.8) is 0 Å². The smallest absolute Gasteiger partial charge is 0.204 e. The third-order valence-corrected chi connectivity index (χ3v) is 4.15. The first-order valence-corrected chi connectivity index (χ1v) is 6.74. The van der Waals surface area contributed by atoms with E-state index in [9.17, 15) is 4.79 Å². The van der Waals surface area contributed by atoms with Crippen molar-refractivity contribution in [2.45, 2.75) is 0 Å². The summed E-state index contributed by atoms with van der Waals surface area (Å²) in [5.41, 5.74) is 0.488. The molecule has 88 valence electrons. The number of hydrogen-bond donors (Lipinski definition) is 0. The minimum Gasteiger partial charge on any atom is -0.497 e. The van der Waals surface area contributed by atoms with E-state index in [2.05, 4.69) is 15.9 Å². The van der Waals surface area contributed by atoms with Crippen molar-refractivity contribution >= 4 is 44.7 Å². The van der Waals surface area contributed by atoms with Crippen LogP contribution < -0.4 is 4.74 Å². The van der Waals surface area contributed by atoms with Gasteiger partial charge in [0.05, 0.1) is 20.8 Å². The summed E-state index contributed by atoms with van der Waals surface area (Å²) in [6, 6.07) is 8.66. The molecular weight excluding hydrogens is 324 g/mol. The maximum absolute atomic E-state index is 12.1. The Hall–Kier alpha value is -0.840. The minimum absolute atomic E-state index is 0.0756. The second kappa shape index (κ2) is 5.21. The molecule has 0 fully saturated rings. The Morgan fingerprint density at radius 1 is 1.35 bits per heavy atom. The quantitative estimate of drug-likeness (QED) is 0.779. The number of ether oxygens (including phenoxy) is 1. The molecule has 5 heteroatoms. The lowest BCUT2D eigenvalue weighted by molar-refractivity contribution is 0.104. The predicted molar refractivity (Wildman–Crippen MR) is 73.5 cm³/mol. The average Bonchev–Trinajstić information content (AvgIpc) is 2.75. The molecule has 0 N–H and O–H groups in total. The molecule has 0 radical (unpaired) electrons. The molecule has 0 amide bonds. The van der Waals surface area contributed by atoms with Gasteiger partial charge in [0.1, 0.15) is 5.75 Å². The van der Waals surface area contributed by atoms with Crippen LogP contribution in [0.2, 0.25) is 5.02 Å². The van der Waals surface area contributed by atoms with E-state index < -0.39 is 0 Å². The standard InChI is InChI=1S/C12H8BrClO2S/c1-16-7-2-3-8(9(14)6-7)12(15)10-4-5-11(13)17-10/h2-6H,1H3. The lowest BCUT2D eigenvalue weighted by Gasteiger charge is -2.04. The Morgan fingerprint density at radius 2 is 2.12 bits per heavy atom. The van der Waals surface area contributed by atoms with Crippen molar-refractivity contribution in [2.24, 2.45) is 0 Å². The topological polar surface area (TPSA) is 26.3 Å². The summed E-state index contributed by atoms with van der Waals surface area (Å²) in [7, 11) is 1.56. The lowest BCUT2D eigenvalue weighted by atomic mass is 10.1. The molecule has 0 bridgehead atoms. The molecule has 0 aliphatic rings. The Morgan fingerprint density at radius 3 is 2.65 bits per heavy atom. The van der Waals surface area contributed by atoms with E-state index in [4.69, 9.17) is 16.3 Å². The number of carbonyl (C=O) groups is 1. The van der Waals surface area contributed by atoms with Crippen molar-refractivity contribution < 1.29 is 9.53 Å². The van der Waals surface area contributed by atoms with Gasteiger partial charge in [-0.1, -0.05) is 11.6 Å². The van der Waals surface area contributed by atoms with E-state index >= 15 is 0 Å². The van der Waals surface area contributed by atoms with Crippen molar-refractivity contribution in [1.82, 2.24) is 0 Å². The molecule has 1 heterocycles. The summed E-state index contributed by atoms with van der Waals surface area (Å²) in [5.74, 6) is 0.562. The summed E-state index contributed by atoms with van der Waals surface area (Å²) in [6.07, 6.45) is 0. The Labute approximate surface area is 116 Å². The van der Waals surface area contributed by atoms with Gasteiger partial charge in [0.15, 0.2) is 0 Å². The van der Waals surface area contributed by atoms with Gasteiger partial charge in [-0.2, -0.15) is 0 Å². The van der Waals surface area contributed by atoms with Gasteiger partial charge in [-0.15, -0.1) is 11.3 Å². The number of thiophene rings is 1. The molecule has 0 spiro atoms. The highest BCUT2D eigenvalue weighted by Gasteiger charge is 2.15. The zero-order valence-electron chi connectivity index (χ0n) is 8.87. The molecule has 0 aliphatic carbocycles. The summed E-state index contributed by atoms with van der Waals surface area (Å²) in [6.45, 7) is 0. The van der Waals surface area contributed by atoms with Crippen molar-refractivity contribution in [1.29, 1.82) is 0 Å². The SMILES string of the molecule is COc1ccc(C(=O)c2ccc(Br)s2)c(Cl)c1. The summed E-state index contributed by atoms with van der Waals surface area (Å²) >= 11 is 10.8. The van der Waals surface area contributed by atoms with Crippen LogP contribution in [-0.2, 0) is 0 Å². The highest BCUT2D eigenvalue weighted by atomic mass is 79.9. The molecule has 0 atom stereocenters. The molecule has 2 rings (SSSR count). The third kappa shape index (κ3) is 2.70. The first kappa shape index (κ1) is 12.6. The maximum atomic E-state index is 12.1. The molecule has 2 aromatic rings. The van der Waals surface area contributed by atoms with Crippen LogP contribution in [0, 0.1) is 0 Å². The molecule has 17 heavy (non-hydrogen) atoms. The van der Waals surface area contributed by atoms with Crippen LogP contribution in [0.4, 0.5) is 0 Å². The van der Waals surface area contributed by atoms with Crippen LogP contribution in [0.25, 0.3) is 0 Å². The molecule has 0 unspecified atom stereocenters. The number of ketones is 1. The molecule has 0 saturated heterocycles. The molecular formula is C12H8BrClO2S. The highest BCUT2D eigenvalue weighted by Crippen LogP contribution is 2.28. The van der Waals surface area contributed by atoms with Crippen LogP contribution in [0.1, 0.15) is 15.2 Å². The zero-order valence-corrected chi connectivity index (χ0v) is 12.0. The lowest BCUT2D eigenvalue weighted by Crippen LogP contribution is -1.99. The number of carbonyl (C=O) groups excluding carboxylic acids is 1. The van der Waals surface area contributed by atoms with Gasteiger partial charge in [-0.25, -0.2) is 0 Å². The molecule has 1 aromatic carbocycles. The van der Waals surface area contributed by atoms with Gasteiger partial charge in [0.2, 0.25) is 5.78 Å². The number of hydrogen-bond acceptors (Lipinski definition) is 3. The van der Waals surface area contributed by atoms with E-state index in [-0.39, 0.29) is 5.78 Å². The van der Waals surface area contributed by atoms with Crippen LogP contribution in [0.15, 0.2) is 34.1 Å². The van der Waals surface area contributed by atoms with Crippen LogP contribution in [0.3, 0.4) is 0 Å². The number of rotatable bonds is 3. The van der Waals surface area contributed by atoms with Crippen molar-refractivity contribution in [3.05, 3.63) is 49.6 Å². The van der Waals surface area contributed by atoms with E-state index in [0.717, 1.165) is 3.79 Å². The maximum Gasteiger partial charge on any atom is 0.204 e. The number of halogens is 2. The van der Waals surface area contributed by atoms with Gasteiger partial charge in [0.25, 0.3) is 0 Å². The zero-order chi connectivity index (χ0) is 12.4. The second-order valence-corrected chi connectivity index (χ2v) is 6.15. The van der Waals surface area contributed by atoms with Gasteiger partial charge in [-0.05, 0) is 46.3 Å². The van der Waals surface area contributed by atoms with E-state index in [1.165, 1.54) is 11.3 Å². The number of methoxy groups -OCH3 is 1. The number of benzene rings is 1. The van der Waals surface area contributed by atoms with Gasteiger partial charge in [-0.3, -0.25) is 4.79 Å². The van der Waals surface area contributed by atoms with Crippen molar-refractivity contribution in [3.8, 4) is 5.75 Å². The summed E-state index contributed by atoms with van der Waals surface area (Å²) in [4.78, 5) is 12.8. The van der Waals surface area contributed by atoms with Gasteiger partial charge in [0, 0.05) is 5.56 Å². The van der Waals surface area contributed by atoms with E-state index in [0.29, 0.717) is 21.2 Å². The normalized spacial score (nSPS) is 10.3. The predicted octanol–water partition coefficient (Wildman–Crippen LogP) is 4.40. The average molecular weight is 332 g/mol. The van der Waals surface area contributed by atoms with Crippen LogP contribution in [-0.4, -0.2) is 12.9 Å². The molecule has 0 aliphatic heterocycles. The van der Waals surface area contributed by atoms with Gasteiger partial charge >= 0.3 is 0 Å². The Kier molecular flexibility index (Phi) is 3.86. The highest BCUT2D eigenvalue weighted by molar-refractivity contribution is 9.11. The monoisotopic (exact) mass is 330 g/mol. The first-order valence-electron chi connectivity index (χ1n) is 4.75. The van der Waals surface area contributed by atoms with Crippen LogP contribution >= 0.6 is 38.9 Å². The second-order valence-electron chi connectivity index (χ2n) is 3.28. The largest absolute Gasteiger partial charge is 0.497 e.